The number of fused-ring (bicyclic) bond motifs is 1. The third kappa shape index (κ3) is 2.96. The molecule has 0 saturated carbocycles. The Balaban J connectivity index is 2.11. The molecule has 3 aromatic heterocycles. The minimum absolute atomic E-state index is 0.0648. The first-order chi connectivity index (χ1) is 10.7. The Kier molecular flexibility index (Phi) is 3.89. The Hall–Kier alpha value is -1.58. The van der Waals surface area contributed by atoms with Crippen LogP contribution in [0.4, 0.5) is 13.2 Å². The van der Waals surface area contributed by atoms with E-state index in [2.05, 4.69) is 10.1 Å². The summed E-state index contributed by atoms with van der Waals surface area (Å²) in [6.07, 6.45) is -4.65. The lowest BCUT2D eigenvalue weighted by atomic mass is 10.4. The normalized spacial score (nSPS) is 12.3. The number of thiazole rings is 1. The molecule has 0 bridgehead atoms. The minimum atomic E-state index is -4.65. The second kappa shape index (κ2) is 5.50. The van der Waals surface area contributed by atoms with Crippen LogP contribution in [0.5, 0.6) is 0 Å². The van der Waals surface area contributed by atoms with Crippen LogP contribution in [0.15, 0.2) is 16.9 Å². The van der Waals surface area contributed by atoms with E-state index in [1.165, 1.54) is 4.68 Å². The molecule has 5 nitrogen and oxygen atoms in total. The summed E-state index contributed by atoms with van der Waals surface area (Å²) in [6.45, 7) is 1.80. The van der Waals surface area contributed by atoms with Crippen molar-refractivity contribution in [1.29, 1.82) is 0 Å². The number of rotatable bonds is 2. The summed E-state index contributed by atoms with van der Waals surface area (Å²) in [5.41, 5.74) is 0.222. The van der Waals surface area contributed by atoms with Crippen LogP contribution in [-0.4, -0.2) is 19.2 Å². The van der Waals surface area contributed by atoms with Gasteiger partial charge in [-0.1, -0.05) is 34.5 Å². The van der Waals surface area contributed by atoms with E-state index in [9.17, 15) is 18.0 Å². The summed E-state index contributed by atoms with van der Waals surface area (Å²) in [7, 11) is 0. The van der Waals surface area contributed by atoms with Crippen LogP contribution in [0, 0.1) is 6.92 Å². The van der Waals surface area contributed by atoms with Gasteiger partial charge in [-0.05, 0) is 13.0 Å². The van der Waals surface area contributed by atoms with Gasteiger partial charge in [-0.15, -0.1) is 0 Å². The number of aryl methyl sites for hydroxylation is 1. The highest BCUT2D eigenvalue weighted by molar-refractivity contribution is 7.17. The predicted octanol–water partition coefficient (Wildman–Crippen LogP) is 3.63. The molecule has 0 saturated heterocycles. The van der Waals surface area contributed by atoms with E-state index >= 15 is 0 Å². The van der Waals surface area contributed by atoms with Crippen LogP contribution < -0.4 is 5.56 Å². The molecule has 3 aromatic rings. The average Bonchev–Trinajstić information content (AvgIpc) is 2.90. The van der Waals surface area contributed by atoms with Gasteiger partial charge in [0.25, 0.3) is 5.56 Å². The van der Waals surface area contributed by atoms with Gasteiger partial charge in [-0.25, -0.2) is 14.1 Å². The zero-order chi connectivity index (χ0) is 16.9. The molecule has 3 rings (SSSR count). The van der Waals surface area contributed by atoms with Crippen LogP contribution in [-0.2, 0) is 12.7 Å². The fourth-order valence-corrected chi connectivity index (χ4v) is 3.63. The maximum atomic E-state index is 12.9. The first-order valence-electron chi connectivity index (χ1n) is 6.15. The van der Waals surface area contributed by atoms with Gasteiger partial charge in [0.05, 0.1) is 17.9 Å². The highest BCUT2D eigenvalue weighted by Crippen LogP contribution is 2.39. The Morgan fingerprint density at radius 1 is 1.30 bits per heavy atom. The molecule has 0 aliphatic rings. The van der Waals surface area contributed by atoms with Crippen LogP contribution >= 0.6 is 34.5 Å². The number of aromatic nitrogens is 4. The smallest absolute Gasteiger partial charge is 0.269 e. The molecular weight excluding hydrogens is 376 g/mol. The molecule has 0 atom stereocenters. The van der Waals surface area contributed by atoms with Gasteiger partial charge in [0, 0.05) is 6.07 Å². The molecule has 23 heavy (non-hydrogen) atoms. The summed E-state index contributed by atoms with van der Waals surface area (Å²) in [6, 6.07) is 2.73. The van der Waals surface area contributed by atoms with Gasteiger partial charge in [0.15, 0.2) is 4.96 Å². The number of alkyl halides is 3. The largest absolute Gasteiger partial charge is 0.428 e. The van der Waals surface area contributed by atoms with Crippen molar-refractivity contribution in [3.63, 3.8) is 0 Å². The monoisotopic (exact) mass is 382 g/mol. The fourth-order valence-electron chi connectivity index (χ4n) is 2.02. The molecule has 0 aliphatic carbocycles. The van der Waals surface area contributed by atoms with Gasteiger partial charge in [0.2, 0.25) is 0 Å². The SMILES string of the molecule is Cc1cc(Cl)n(Cc2cc(=O)n3c(Cl)c(C(F)(F)F)sc3n2)n1. The predicted molar refractivity (Wildman–Crippen MR) is 80.4 cm³/mol. The van der Waals surface area contributed by atoms with Crippen molar-refractivity contribution >= 4 is 39.5 Å². The van der Waals surface area contributed by atoms with Gasteiger partial charge in [-0.2, -0.15) is 18.3 Å². The Morgan fingerprint density at radius 2 is 2.00 bits per heavy atom. The van der Waals surface area contributed by atoms with E-state index in [1.807, 2.05) is 0 Å². The van der Waals surface area contributed by atoms with Gasteiger partial charge < -0.3 is 0 Å². The molecule has 0 aromatic carbocycles. The standard InChI is InChI=1S/C12H7Cl2F3N4OS/c1-5-2-7(13)20(19-5)4-6-3-8(22)21-10(14)9(12(15,16)17)23-11(21)18-6/h2-3H,4H2,1H3. The van der Waals surface area contributed by atoms with Crippen LogP contribution in [0.1, 0.15) is 16.3 Å². The van der Waals surface area contributed by atoms with Crippen molar-refractivity contribution in [2.24, 2.45) is 0 Å². The van der Waals surface area contributed by atoms with Crippen LogP contribution in [0.3, 0.4) is 0 Å². The van der Waals surface area contributed by atoms with Gasteiger partial charge >= 0.3 is 6.18 Å². The van der Waals surface area contributed by atoms with E-state index in [0.717, 1.165) is 10.5 Å². The van der Waals surface area contributed by atoms with E-state index in [0.29, 0.717) is 22.2 Å². The second-order valence-corrected chi connectivity index (χ2v) is 6.41. The number of nitrogens with zero attached hydrogens (tertiary/aromatic N) is 4. The van der Waals surface area contributed by atoms with Gasteiger partial charge in [0.1, 0.15) is 15.2 Å². The third-order valence-corrected chi connectivity index (χ3v) is 4.80. The molecule has 0 amide bonds. The lowest BCUT2D eigenvalue weighted by molar-refractivity contribution is -0.134. The summed E-state index contributed by atoms with van der Waals surface area (Å²) in [5, 5.41) is 3.76. The van der Waals surface area contributed by atoms with E-state index in [-0.39, 0.29) is 17.2 Å². The average molecular weight is 383 g/mol. The zero-order valence-corrected chi connectivity index (χ0v) is 13.7. The van der Waals surface area contributed by atoms with Crippen molar-refractivity contribution in [3.05, 3.63) is 49.1 Å². The molecule has 122 valence electrons. The Morgan fingerprint density at radius 3 is 2.57 bits per heavy atom. The quantitative estimate of drug-likeness (QED) is 0.679. The summed E-state index contributed by atoms with van der Waals surface area (Å²) >= 11 is 11.9. The highest BCUT2D eigenvalue weighted by atomic mass is 35.5. The van der Waals surface area contributed by atoms with Crippen molar-refractivity contribution in [1.82, 2.24) is 19.2 Å². The Labute approximate surface area is 140 Å². The molecule has 0 spiro atoms. The molecule has 0 aliphatic heterocycles. The number of halogens is 5. The van der Waals surface area contributed by atoms with Gasteiger partial charge in [-0.3, -0.25) is 4.79 Å². The van der Waals surface area contributed by atoms with Crippen molar-refractivity contribution < 1.29 is 13.2 Å². The lowest BCUT2D eigenvalue weighted by Crippen LogP contribution is -2.16. The fraction of sp³-hybridized carbons (Fsp3) is 0.250. The molecule has 3 heterocycles. The Bertz CT molecular complexity index is 960. The van der Waals surface area contributed by atoms with Crippen molar-refractivity contribution in [2.45, 2.75) is 19.6 Å². The summed E-state index contributed by atoms with van der Waals surface area (Å²) in [5.74, 6) is 0. The maximum absolute atomic E-state index is 12.9. The van der Waals surface area contributed by atoms with Crippen molar-refractivity contribution in [3.8, 4) is 0 Å². The minimum Gasteiger partial charge on any atom is -0.269 e. The molecular formula is C12H7Cl2F3N4OS. The highest BCUT2D eigenvalue weighted by Gasteiger charge is 2.37. The molecule has 0 N–H and O–H groups in total. The summed E-state index contributed by atoms with van der Waals surface area (Å²) in [4.78, 5) is 14.9. The van der Waals surface area contributed by atoms with Crippen molar-refractivity contribution in [2.75, 3.05) is 0 Å². The topological polar surface area (TPSA) is 52.2 Å². The molecule has 11 heteroatoms. The number of hydrogen-bond donors (Lipinski definition) is 0. The molecule has 0 radical (unpaired) electrons. The maximum Gasteiger partial charge on any atom is 0.428 e. The number of hydrogen-bond acceptors (Lipinski definition) is 4. The summed E-state index contributed by atoms with van der Waals surface area (Å²) < 4.78 is 40.7. The lowest BCUT2D eigenvalue weighted by Gasteiger charge is -2.03. The van der Waals surface area contributed by atoms with E-state index < -0.39 is 21.8 Å². The third-order valence-electron chi connectivity index (χ3n) is 2.94. The first-order valence-corrected chi connectivity index (χ1v) is 7.72. The van der Waals surface area contributed by atoms with Crippen LogP contribution in [0.2, 0.25) is 10.3 Å². The van der Waals surface area contributed by atoms with E-state index in [1.54, 1.807) is 13.0 Å². The van der Waals surface area contributed by atoms with Crippen LogP contribution in [0.25, 0.3) is 4.96 Å². The zero-order valence-electron chi connectivity index (χ0n) is 11.4. The molecule has 0 fully saturated rings. The first kappa shape index (κ1) is 16.3. The molecule has 0 unspecified atom stereocenters. The second-order valence-electron chi connectivity index (χ2n) is 4.69. The van der Waals surface area contributed by atoms with E-state index in [4.69, 9.17) is 23.2 Å².